The lowest BCUT2D eigenvalue weighted by Gasteiger charge is -2.32. The van der Waals surface area contributed by atoms with Gasteiger partial charge in [-0.1, -0.05) is 11.3 Å². The SMILES string of the molecule is COC[C@H]1CN(Cc2ccc(F)c(F)c2)Cc2nnn(CC3CC3)c21. The van der Waals surface area contributed by atoms with Gasteiger partial charge in [0, 0.05) is 39.2 Å². The second kappa shape index (κ2) is 6.80. The van der Waals surface area contributed by atoms with Gasteiger partial charge in [-0.05, 0) is 36.5 Å². The van der Waals surface area contributed by atoms with Crippen molar-refractivity contribution in [1.29, 1.82) is 0 Å². The first-order valence-electron chi connectivity index (χ1n) is 8.71. The average Bonchev–Trinajstić information content (AvgIpc) is 3.31. The number of methoxy groups -OCH3 is 1. The smallest absolute Gasteiger partial charge is 0.159 e. The third-order valence-electron chi connectivity index (χ3n) is 4.97. The number of nitrogens with zero attached hydrogens (tertiary/aromatic N) is 4. The summed E-state index contributed by atoms with van der Waals surface area (Å²) < 4.78 is 34.0. The van der Waals surface area contributed by atoms with E-state index in [1.54, 1.807) is 13.2 Å². The highest BCUT2D eigenvalue weighted by Crippen LogP contribution is 2.34. The summed E-state index contributed by atoms with van der Waals surface area (Å²) in [5, 5.41) is 8.73. The number of hydrogen-bond donors (Lipinski definition) is 0. The number of benzene rings is 1. The number of halogens is 2. The molecule has 0 radical (unpaired) electrons. The van der Waals surface area contributed by atoms with Gasteiger partial charge < -0.3 is 4.74 Å². The van der Waals surface area contributed by atoms with Crippen LogP contribution < -0.4 is 0 Å². The van der Waals surface area contributed by atoms with Gasteiger partial charge in [0.2, 0.25) is 0 Å². The zero-order valence-corrected chi connectivity index (χ0v) is 14.3. The van der Waals surface area contributed by atoms with Crippen molar-refractivity contribution in [2.75, 3.05) is 20.3 Å². The quantitative estimate of drug-likeness (QED) is 0.805. The summed E-state index contributed by atoms with van der Waals surface area (Å²) in [5.41, 5.74) is 2.90. The van der Waals surface area contributed by atoms with E-state index in [0.717, 1.165) is 30.3 Å². The summed E-state index contributed by atoms with van der Waals surface area (Å²) in [6.07, 6.45) is 2.54. The van der Waals surface area contributed by atoms with Crippen LogP contribution in [0.2, 0.25) is 0 Å². The molecular formula is C18H22F2N4O. The molecule has 4 rings (SSSR count). The first-order chi connectivity index (χ1) is 12.1. The molecule has 1 aromatic carbocycles. The Bertz CT molecular complexity index is 760. The van der Waals surface area contributed by atoms with E-state index < -0.39 is 11.6 Å². The maximum atomic E-state index is 13.5. The number of aromatic nitrogens is 3. The zero-order chi connectivity index (χ0) is 17.4. The van der Waals surface area contributed by atoms with Crippen LogP contribution in [-0.4, -0.2) is 40.2 Å². The molecule has 1 fully saturated rings. The van der Waals surface area contributed by atoms with E-state index in [-0.39, 0.29) is 5.92 Å². The Kier molecular flexibility index (Phi) is 4.52. The molecule has 1 aromatic heterocycles. The van der Waals surface area contributed by atoms with Crippen LogP contribution >= 0.6 is 0 Å². The summed E-state index contributed by atoms with van der Waals surface area (Å²) in [6, 6.07) is 4.07. The van der Waals surface area contributed by atoms with Crippen LogP contribution in [0.1, 0.15) is 35.7 Å². The van der Waals surface area contributed by atoms with E-state index in [0.29, 0.717) is 19.7 Å². The van der Waals surface area contributed by atoms with Gasteiger partial charge in [-0.2, -0.15) is 0 Å². The van der Waals surface area contributed by atoms with E-state index in [2.05, 4.69) is 15.2 Å². The molecule has 2 heterocycles. The van der Waals surface area contributed by atoms with Gasteiger partial charge in [-0.15, -0.1) is 5.10 Å². The molecule has 7 heteroatoms. The minimum absolute atomic E-state index is 0.188. The lowest BCUT2D eigenvalue weighted by molar-refractivity contribution is 0.131. The fourth-order valence-corrected chi connectivity index (χ4v) is 3.62. The molecule has 25 heavy (non-hydrogen) atoms. The molecule has 1 atom stereocenters. The van der Waals surface area contributed by atoms with Crippen LogP contribution in [0, 0.1) is 17.6 Å². The number of rotatable bonds is 6. The Morgan fingerprint density at radius 1 is 1.24 bits per heavy atom. The Labute approximate surface area is 145 Å². The second-order valence-corrected chi connectivity index (χ2v) is 7.12. The van der Waals surface area contributed by atoms with Crippen molar-refractivity contribution in [2.24, 2.45) is 5.92 Å². The Hall–Kier alpha value is -1.86. The van der Waals surface area contributed by atoms with Gasteiger partial charge in [-0.3, -0.25) is 4.90 Å². The maximum Gasteiger partial charge on any atom is 0.159 e. The summed E-state index contributed by atoms with van der Waals surface area (Å²) in [4.78, 5) is 2.19. The maximum absolute atomic E-state index is 13.5. The molecule has 0 saturated heterocycles. The van der Waals surface area contributed by atoms with E-state index in [1.807, 2.05) is 4.68 Å². The molecule has 1 saturated carbocycles. The molecule has 0 bridgehead atoms. The van der Waals surface area contributed by atoms with Gasteiger partial charge in [0.15, 0.2) is 11.6 Å². The largest absolute Gasteiger partial charge is 0.384 e. The third-order valence-corrected chi connectivity index (χ3v) is 4.97. The molecule has 0 spiro atoms. The highest BCUT2D eigenvalue weighted by atomic mass is 19.2. The van der Waals surface area contributed by atoms with Crippen LogP contribution in [0.4, 0.5) is 8.78 Å². The standard InChI is InChI=1S/C18H22F2N4O/c1-25-11-14-9-23(7-13-4-5-15(19)16(20)6-13)10-17-18(14)24(22-21-17)8-12-2-3-12/h4-6,12,14H,2-3,7-11H2,1H3/t14-/m1/s1. The highest BCUT2D eigenvalue weighted by molar-refractivity contribution is 5.22. The number of ether oxygens (including phenoxy) is 1. The predicted octanol–water partition coefficient (Wildman–Crippen LogP) is 2.71. The van der Waals surface area contributed by atoms with E-state index in [1.165, 1.54) is 30.7 Å². The van der Waals surface area contributed by atoms with Gasteiger partial charge in [0.1, 0.15) is 5.69 Å². The Morgan fingerprint density at radius 3 is 2.80 bits per heavy atom. The molecule has 0 unspecified atom stereocenters. The molecule has 2 aromatic rings. The third kappa shape index (κ3) is 3.57. The van der Waals surface area contributed by atoms with Crippen LogP contribution in [0.3, 0.4) is 0 Å². The van der Waals surface area contributed by atoms with Crippen LogP contribution in [0.25, 0.3) is 0 Å². The average molecular weight is 348 g/mol. The number of fused-ring (bicyclic) bond motifs is 1. The Balaban J connectivity index is 1.53. The monoisotopic (exact) mass is 348 g/mol. The minimum Gasteiger partial charge on any atom is -0.384 e. The summed E-state index contributed by atoms with van der Waals surface area (Å²) >= 11 is 0. The number of hydrogen-bond acceptors (Lipinski definition) is 4. The molecule has 0 N–H and O–H groups in total. The molecule has 2 aliphatic rings. The van der Waals surface area contributed by atoms with Crippen LogP contribution in [0.15, 0.2) is 18.2 Å². The molecule has 1 aliphatic heterocycles. The molecule has 1 aliphatic carbocycles. The van der Waals surface area contributed by atoms with Gasteiger partial charge >= 0.3 is 0 Å². The van der Waals surface area contributed by atoms with E-state index in [9.17, 15) is 8.78 Å². The van der Waals surface area contributed by atoms with Crippen molar-refractivity contribution >= 4 is 0 Å². The van der Waals surface area contributed by atoms with Crippen molar-refractivity contribution in [1.82, 2.24) is 19.9 Å². The summed E-state index contributed by atoms with van der Waals surface area (Å²) in [6.45, 7) is 3.54. The first kappa shape index (κ1) is 16.6. The van der Waals surface area contributed by atoms with Crippen molar-refractivity contribution < 1.29 is 13.5 Å². The lowest BCUT2D eigenvalue weighted by atomic mass is 9.98. The minimum atomic E-state index is -0.815. The van der Waals surface area contributed by atoms with Gasteiger partial charge in [-0.25, -0.2) is 13.5 Å². The van der Waals surface area contributed by atoms with Crippen molar-refractivity contribution in [3.8, 4) is 0 Å². The fraction of sp³-hybridized carbons (Fsp3) is 0.556. The normalized spacial score (nSPS) is 20.7. The second-order valence-electron chi connectivity index (χ2n) is 7.12. The predicted molar refractivity (Wildman–Crippen MR) is 87.8 cm³/mol. The molecular weight excluding hydrogens is 326 g/mol. The van der Waals surface area contributed by atoms with Crippen molar-refractivity contribution in [3.05, 3.63) is 46.8 Å². The molecule has 0 amide bonds. The summed E-state index contributed by atoms with van der Waals surface area (Å²) in [5.74, 6) is -0.703. The molecule has 134 valence electrons. The van der Waals surface area contributed by atoms with Crippen molar-refractivity contribution in [2.45, 2.75) is 38.4 Å². The molecule has 5 nitrogen and oxygen atoms in total. The Morgan fingerprint density at radius 2 is 2.08 bits per heavy atom. The fourth-order valence-electron chi connectivity index (χ4n) is 3.62. The first-order valence-corrected chi connectivity index (χ1v) is 8.71. The van der Waals surface area contributed by atoms with Crippen LogP contribution in [-0.2, 0) is 24.4 Å². The van der Waals surface area contributed by atoms with E-state index in [4.69, 9.17) is 4.74 Å². The van der Waals surface area contributed by atoms with Crippen molar-refractivity contribution in [3.63, 3.8) is 0 Å². The summed E-state index contributed by atoms with van der Waals surface area (Å²) in [7, 11) is 1.70. The van der Waals surface area contributed by atoms with Gasteiger partial charge in [0.25, 0.3) is 0 Å². The van der Waals surface area contributed by atoms with E-state index >= 15 is 0 Å². The van der Waals surface area contributed by atoms with Crippen LogP contribution in [0.5, 0.6) is 0 Å². The highest BCUT2D eigenvalue weighted by Gasteiger charge is 2.33. The lowest BCUT2D eigenvalue weighted by Crippen LogP contribution is -2.36. The topological polar surface area (TPSA) is 43.2 Å². The van der Waals surface area contributed by atoms with Gasteiger partial charge in [0.05, 0.1) is 12.3 Å². The zero-order valence-electron chi connectivity index (χ0n) is 14.3.